The van der Waals surface area contributed by atoms with Gasteiger partial charge in [-0.1, -0.05) is 42.5 Å². The van der Waals surface area contributed by atoms with E-state index in [0.29, 0.717) is 5.56 Å². The number of fused-ring (bicyclic) bond motifs is 3. The number of nitrogens with two attached hydrogens (primary N) is 1. The van der Waals surface area contributed by atoms with Gasteiger partial charge in [-0.3, -0.25) is 4.79 Å². The second-order valence-electron chi connectivity index (χ2n) is 7.34. The molecule has 3 atom stereocenters. The van der Waals surface area contributed by atoms with Gasteiger partial charge in [-0.2, -0.15) is 23.7 Å². The Kier molecular flexibility index (Phi) is 4.32. The van der Waals surface area contributed by atoms with Crippen molar-refractivity contribution >= 4 is 12.0 Å². The van der Waals surface area contributed by atoms with Crippen LogP contribution < -0.4 is 5.73 Å². The number of rotatable bonds is 2. The van der Waals surface area contributed by atoms with Gasteiger partial charge in [-0.15, -0.1) is 0 Å². The lowest BCUT2D eigenvalue weighted by molar-refractivity contribution is -0.137. The molecular formula is C22H15F3N4O. The van der Waals surface area contributed by atoms with E-state index >= 15 is 0 Å². The zero-order valence-corrected chi connectivity index (χ0v) is 15.5. The van der Waals surface area contributed by atoms with Crippen molar-refractivity contribution in [3.05, 3.63) is 77.0 Å². The molecular weight excluding hydrogens is 393 g/mol. The van der Waals surface area contributed by atoms with Crippen LogP contribution in [-0.4, -0.2) is 16.8 Å². The molecule has 1 fully saturated rings. The zero-order valence-electron chi connectivity index (χ0n) is 15.5. The minimum absolute atomic E-state index is 0.0667. The van der Waals surface area contributed by atoms with Crippen LogP contribution in [0.4, 0.5) is 13.2 Å². The van der Waals surface area contributed by atoms with Crippen LogP contribution in [0.3, 0.4) is 0 Å². The molecule has 8 heteroatoms. The van der Waals surface area contributed by atoms with E-state index in [9.17, 15) is 28.5 Å². The first-order valence-electron chi connectivity index (χ1n) is 9.08. The minimum atomic E-state index is -4.61. The number of alkyl halides is 3. The third-order valence-electron chi connectivity index (χ3n) is 5.81. The topological polar surface area (TPSA) is 93.9 Å². The predicted octanol–water partition coefficient (Wildman–Crippen LogP) is 3.72. The van der Waals surface area contributed by atoms with Gasteiger partial charge in [0.05, 0.1) is 23.7 Å². The summed E-state index contributed by atoms with van der Waals surface area (Å²) in [6.45, 7) is 0. The third kappa shape index (κ3) is 2.65. The highest BCUT2D eigenvalue weighted by Gasteiger charge is 2.63. The van der Waals surface area contributed by atoms with Crippen molar-refractivity contribution in [1.82, 2.24) is 4.90 Å². The number of primary amides is 1. The van der Waals surface area contributed by atoms with Crippen LogP contribution in [0.1, 0.15) is 34.2 Å². The van der Waals surface area contributed by atoms with Gasteiger partial charge in [0, 0.05) is 12.1 Å². The summed E-state index contributed by atoms with van der Waals surface area (Å²) < 4.78 is 39.9. The summed E-state index contributed by atoms with van der Waals surface area (Å²) in [7, 11) is 0. The zero-order chi connectivity index (χ0) is 21.7. The monoisotopic (exact) mass is 408 g/mol. The van der Waals surface area contributed by atoms with Crippen molar-refractivity contribution in [1.29, 1.82) is 10.5 Å². The molecule has 150 valence electrons. The molecule has 2 N–H and O–H groups in total. The molecule has 0 spiro atoms. The normalized spacial score (nSPS) is 23.8. The average Bonchev–Trinajstić information content (AvgIpc) is 3.04. The SMILES string of the molecule is N#CC1(C#N)[C@H](c2cccc(C(F)(F)F)c2)[C@@H](C(N)=O)N2C=Cc3ccccc3[C@@H]21. The molecule has 0 aliphatic carbocycles. The summed E-state index contributed by atoms with van der Waals surface area (Å²) in [5, 5.41) is 20.3. The van der Waals surface area contributed by atoms with Crippen molar-refractivity contribution in [2.24, 2.45) is 11.1 Å². The molecule has 2 aromatic rings. The molecule has 1 saturated heterocycles. The van der Waals surface area contributed by atoms with E-state index in [2.05, 4.69) is 0 Å². The van der Waals surface area contributed by atoms with Crippen molar-refractivity contribution < 1.29 is 18.0 Å². The summed E-state index contributed by atoms with van der Waals surface area (Å²) in [6.07, 6.45) is -1.30. The first-order chi connectivity index (χ1) is 14.2. The maximum atomic E-state index is 13.3. The smallest absolute Gasteiger partial charge is 0.368 e. The number of amides is 1. The summed E-state index contributed by atoms with van der Waals surface area (Å²) in [5.74, 6) is -1.99. The molecule has 0 bridgehead atoms. The number of hydrogen-bond donors (Lipinski definition) is 1. The fourth-order valence-corrected chi connectivity index (χ4v) is 4.60. The number of carbonyl (C=O) groups excluding carboxylic acids is 1. The molecule has 1 amide bonds. The van der Waals surface area contributed by atoms with E-state index < -0.39 is 41.1 Å². The third-order valence-corrected chi connectivity index (χ3v) is 5.81. The molecule has 0 radical (unpaired) electrons. The van der Waals surface area contributed by atoms with E-state index in [4.69, 9.17) is 5.73 Å². The Hall–Kier alpha value is -3.78. The molecule has 2 aliphatic rings. The molecule has 2 aliphatic heterocycles. The Labute approximate surface area is 170 Å². The summed E-state index contributed by atoms with van der Waals surface area (Å²) in [5.41, 5.74) is 4.37. The van der Waals surface area contributed by atoms with Gasteiger partial charge in [0.15, 0.2) is 5.41 Å². The van der Waals surface area contributed by atoms with E-state index in [1.807, 2.05) is 12.1 Å². The molecule has 30 heavy (non-hydrogen) atoms. The molecule has 5 nitrogen and oxygen atoms in total. The van der Waals surface area contributed by atoms with Crippen molar-refractivity contribution in [3.8, 4) is 12.1 Å². The Balaban J connectivity index is 1.99. The lowest BCUT2D eigenvalue weighted by Crippen LogP contribution is -2.41. The number of nitrogens with zero attached hydrogens (tertiary/aromatic N) is 3. The maximum Gasteiger partial charge on any atom is 0.416 e. The van der Waals surface area contributed by atoms with Gasteiger partial charge >= 0.3 is 6.18 Å². The number of hydrogen-bond acceptors (Lipinski definition) is 4. The van der Waals surface area contributed by atoms with Crippen molar-refractivity contribution in [2.45, 2.75) is 24.2 Å². The maximum absolute atomic E-state index is 13.3. The highest BCUT2D eigenvalue weighted by atomic mass is 19.4. The summed E-state index contributed by atoms with van der Waals surface area (Å²) >= 11 is 0. The minimum Gasteiger partial charge on any atom is -0.368 e. The van der Waals surface area contributed by atoms with Crippen LogP contribution in [0.2, 0.25) is 0 Å². The van der Waals surface area contributed by atoms with E-state index in [1.54, 1.807) is 36.5 Å². The molecule has 2 aromatic carbocycles. The Morgan fingerprint density at radius 3 is 2.43 bits per heavy atom. The number of benzene rings is 2. The van der Waals surface area contributed by atoms with E-state index in [-0.39, 0.29) is 5.56 Å². The van der Waals surface area contributed by atoms with Gasteiger partial charge in [0.2, 0.25) is 5.91 Å². The highest BCUT2D eigenvalue weighted by Crippen LogP contribution is 2.59. The second-order valence-corrected chi connectivity index (χ2v) is 7.34. The van der Waals surface area contributed by atoms with E-state index in [0.717, 1.165) is 17.7 Å². The van der Waals surface area contributed by atoms with E-state index in [1.165, 1.54) is 17.0 Å². The molecule has 0 saturated carbocycles. The first kappa shape index (κ1) is 19.5. The summed E-state index contributed by atoms with van der Waals surface area (Å²) in [6, 6.07) is 13.5. The van der Waals surface area contributed by atoms with Gasteiger partial charge in [0.1, 0.15) is 6.04 Å². The Bertz CT molecular complexity index is 1130. The molecule has 4 rings (SSSR count). The number of halogens is 3. The number of carbonyl (C=O) groups is 1. The lowest BCUT2D eigenvalue weighted by Gasteiger charge is -2.34. The Morgan fingerprint density at radius 2 is 1.80 bits per heavy atom. The fraction of sp³-hybridized carbons (Fsp3) is 0.227. The summed E-state index contributed by atoms with van der Waals surface area (Å²) in [4.78, 5) is 14.0. The highest BCUT2D eigenvalue weighted by molar-refractivity contribution is 5.84. The lowest BCUT2D eigenvalue weighted by atomic mass is 9.68. The molecule has 0 aromatic heterocycles. The van der Waals surface area contributed by atoms with Crippen LogP contribution in [-0.2, 0) is 11.0 Å². The van der Waals surface area contributed by atoms with Crippen LogP contribution in [0.5, 0.6) is 0 Å². The van der Waals surface area contributed by atoms with Gasteiger partial charge in [-0.05, 0) is 28.8 Å². The van der Waals surface area contributed by atoms with Crippen LogP contribution >= 0.6 is 0 Å². The van der Waals surface area contributed by atoms with Crippen LogP contribution in [0.25, 0.3) is 6.08 Å². The average molecular weight is 408 g/mol. The predicted molar refractivity (Wildman–Crippen MR) is 101 cm³/mol. The van der Waals surface area contributed by atoms with Crippen LogP contribution in [0, 0.1) is 28.1 Å². The first-order valence-corrected chi connectivity index (χ1v) is 9.08. The van der Waals surface area contributed by atoms with Gasteiger partial charge in [0.25, 0.3) is 0 Å². The van der Waals surface area contributed by atoms with Crippen LogP contribution in [0.15, 0.2) is 54.7 Å². The van der Waals surface area contributed by atoms with Gasteiger partial charge in [-0.25, -0.2) is 0 Å². The second kappa shape index (κ2) is 6.64. The van der Waals surface area contributed by atoms with Crippen molar-refractivity contribution in [3.63, 3.8) is 0 Å². The fourth-order valence-electron chi connectivity index (χ4n) is 4.60. The standard InChI is InChI=1S/C22H15F3N4O/c23-22(24,25)15-6-3-5-14(10-15)17-18(20(28)30)29-9-8-13-4-1-2-7-16(13)19(29)21(17,11-26)12-27/h1-10,17-19H,(H2,28,30)/t17-,18+,19-/m1/s1. The largest absolute Gasteiger partial charge is 0.416 e. The Morgan fingerprint density at radius 1 is 1.10 bits per heavy atom. The molecule has 0 unspecified atom stereocenters. The number of nitriles is 2. The quantitative estimate of drug-likeness (QED) is 0.820. The molecule has 2 heterocycles. The van der Waals surface area contributed by atoms with Crippen molar-refractivity contribution in [2.75, 3.05) is 0 Å². The van der Waals surface area contributed by atoms with Gasteiger partial charge < -0.3 is 10.6 Å².